The highest BCUT2D eigenvalue weighted by Crippen LogP contribution is 2.26. The van der Waals surface area contributed by atoms with Crippen LogP contribution in [0.5, 0.6) is 0 Å². The third kappa shape index (κ3) is 3.68. The number of hydrogen-bond donors (Lipinski definition) is 1. The van der Waals surface area contributed by atoms with Crippen molar-refractivity contribution >= 4 is 17.6 Å². The third-order valence-corrected chi connectivity index (χ3v) is 2.69. The predicted octanol–water partition coefficient (Wildman–Crippen LogP) is 2.61. The molecule has 0 saturated heterocycles. The van der Waals surface area contributed by atoms with Crippen molar-refractivity contribution in [1.82, 2.24) is 0 Å². The molecule has 5 heteroatoms. The molecule has 0 aliphatic carbocycles. The smallest absolute Gasteiger partial charge is 0.307 e. The van der Waals surface area contributed by atoms with Gasteiger partial charge >= 0.3 is 5.97 Å². The highest BCUT2D eigenvalue weighted by Gasteiger charge is 2.26. The minimum Gasteiger partial charge on any atom is -0.466 e. The first-order valence-electron chi connectivity index (χ1n) is 5.27. The van der Waals surface area contributed by atoms with Gasteiger partial charge in [-0.3, -0.25) is 4.79 Å². The van der Waals surface area contributed by atoms with E-state index in [4.69, 9.17) is 22.1 Å². The lowest BCUT2D eigenvalue weighted by molar-refractivity contribution is -0.144. The topological polar surface area (TPSA) is 52.3 Å². The van der Waals surface area contributed by atoms with Crippen LogP contribution in [0.2, 0.25) is 5.02 Å². The van der Waals surface area contributed by atoms with E-state index in [0.717, 1.165) is 0 Å². The van der Waals surface area contributed by atoms with E-state index in [2.05, 4.69) is 0 Å². The van der Waals surface area contributed by atoms with E-state index in [1.807, 2.05) is 0 Å². The van der Waals surface area contributed by atoms with Crippen LogP contribution in [0, 0.1) is 5.82 Å². The van der Waals surface area contributed by atoms with E-state index in [1.165, 1.54) is 18.2 Å². The molecule has 0 aromatic heterocycles. The zero-order valence-corrected chi connectivity index (χ0v) is 10.6. The van der Waals surface area contributed by atoms with E-state index >= 15 is 0 Å². The minimum absolute atomic E-state index is 0.0111. The van der Waals surface area contributed by atoms with E-state index < -0.39 is 17.3 Å². The van der Waals surface area contributed by atoms with Gasteiger partial charge in [0.2, 0.25) is 0 Å². The fourth-order valence-electron chi connectivity index (χ4n) is 1.47. The summed E-state index contributed by atoms with van der Waals surface area (Å²) in [5.74, 6) is -0.903. The van der Waals surface area contributed by atoms with Crippen molar-refractivity contribution in [2.45, 2.75) is 25.8 Å². The molecule has 0 aliphatic rings. The molecule has 0 heterocycles. The van der Waals surface area contributed by atoms with Crippen LogP contribution >= 0.6 is 11.6 Å². The standard InChI is InChI=1S/C12H15ClFNO2/c1-3-17-11(16)7-12(2,15)8-4-5-10(14)9(13)6-8/h4-6H,3,7,15H2,1-2H3. The molecule has 0 radical (unpaired) electrons. The second-order valence-electron chi connectivity index (χ2n) is 4.03. The van der Waals surface area contributed by atoms with Crippen molar-refractivity contribution in [3.8, 4) is 0 Å². The highest BCUT2D eigenvalue weighted by atomic mass is 35.5. The Hall–Kier alpha value is -1.13. The largest absolute Gasteiger partial charge is 0.466 e. The van der Waals surface area contributed by atoms with Crippen LogP contribution in [0.25, 0.3) is 0 Å². The molecule has 0 saturated carbocycles. The van der Waals surface area contributed by atoms with Crippen molar-refractivity contribution in [3.05, 3.63) is 34.6 Å². The van der Waals surface area contributed by atoms with Crippen molar-refractivity contribution in [2.75, 3.05) is 6.61 Å². The zero-order valence-electron chi connectivity index (χ0n) is 9.80. The molecule has 1 aromatic rings. The normalized spacial score (nSPS) is 14.2. The summed E-state index contributed by atoms with van der Waals surface area (Å²) in [6.07, 6.45) is 0.0167. The van der Waals surface area contributed by atoms with Gasteiger partial charge in [0.1, 0.15) is 5.82 Å². The minimum atomic E-state index is -0.927. The van der Waals surface area contributed by atoms with Crippen LogP contribution < -0.4 is 5.73 Å². The molecule has 3 nitrogen and oxygen atoms in total. The Labute approximate surface area is 105 Å². The van der Waals surface area contributed by atoms with Gasteiger partial charge in [-0.05, 0) is 31.5 Å². The number of hydrogen-bond acceptors (Lipinski definition) is 3. The Kier molecular flexibility index (Phi) is 4.48. The summed E-state index contributed by atoms with van der Waals surface area (Å²) in [4.78, 5) is 11.4. The SMILES string of the molecule is CCOC(=O)CC(C)(N)c1ccc(F)c(Cl)c1. The summed E-state index contributed by atoms with van der Waals surface area (Å²) in [5.41, 5.74) is 5.67. The van der Waals surface area contributed by atoms with Crippen molar-refractivity contribution in [3.63, 3.8) is 0 Å². The lowest BCUT2D eigenvalue weighted by atomic mass is 9.90. The molecule has 0 amide bonds. The molecule has 1 rings (SSSR count). The fraction of sp³-hybridized carbons (Fsp3) is 0.417. The Morgan fingerprint density at radius 2 is 2.24 bits per heavy atom. The average Bonchev–Trinajstić information content (AvgIpc) is 2.21. The molecule has 94 valence electrons. The summed E-state index contributed by atoms with van der Waals surface area (Å²) < 4.78 is 17.8. The molecule has 17 heavy (non-hydrogen) atoms. The Morgan fingerprint density at radius 3 is 2.76 bits per heavy atom. The number of carbonyl (C=O) groups excluding carboxylic acids is 1. The van der Waals surface area contributed by atoms with Gasteiger partial charge in [0.15, 0.2) is 0 Å². The summed E-state index contributed by atoms with van der Waals surface area (Å²) in [7, 11) is 0. The van der Waals surface area contributed by atoms with Crippen LogP contribution in [0.15, 0.2) is 18.2 Å². The molecule has 0 bridgehead atoms. The maximum absolute atomic E-state index is 13.0. The maximum Gasteiger partial charge on any atom is 0.307 e. The molecule has 1 atom stereocenters. The first-order chi connectivity index (χ1) is 7.86. The van der Waals surface area contributed by atoms with E-state index in [0.29, 0.717) is 12.2 Å². The van der Waals surface area contributed by atoms with Gasteiger partial charge in [-0.15, -0.1) is 0 Å². The molecule has 1 unspecified atom stereocenters. The summed E-state index contributed by atoms with van der Waals surface area (Å²) in [6, 6.07) is 4.17. The quantitative estimate of drug-likeness (QED) is 0.846. The number of halogens is 2. The van der Waals surface area contributed by atoms with E-state index in [-0.39, 0.29) is 11.4 Å². The second kappa shape index (κ2) is 5.47. The van der Waals surface area contributed by atoms with Crippen LogP contribution in [0.4, 0.5) is 4.39 Å². The van der Waals surface area contributed by atoms with Crippen molar-refractivity contribution in [1.29, 1.82) is 0 Å². The van der Waals surface area contributed by atoms with Crippen LogP contribution in [0.1, 0.15) is 25.8 Å². The van der Waals surface area contributed by atoms with Gasteiger partial charge < -0.3 is 10.5 Å². The number of rotatable bonds is 4. The van der Waals surface area contributed by atoms with Gasteiger partial charge in [-0.1, -0.05) is 17.7 Å². The summed E-state index contributed by atoms with van der Waals surface area (Å²) >= 11 is 5.67. The second-order valence-corrected chi connectivity index (χ2v) is 4.44. The monoisotopic (exact) mass is 259 g/mol. The van der Waals surface area contributed by atoms with Crippen LogP contribution in [-0.4, -0.2) is 12.6 Å². The maximum atomic E-state index is 13.0. The summed E-state index contributed by atoms with van der Waals surface area (Å²) in [5, 5.41) is -0.0111. The first-order valence-corrected chi connectivity index (χ1v) is 5.64. The highest BCUT2D eigenvalue weighted by molar-refractivity contribution is 6.30. The predicted molar refractivity (Wildman–Crippen MR) is 64.2 cm³/mol. The van der Waals surface area contributed by atoms with E-state index in [1.54, 1.807) is 13.8 Å². The van der Waals surface area contributed by atoms with Gasteiger partial charge in [-0.25, -0.2) is 4.39 Å². The lowest BCUT2D eigenvalue weighted by Crippen LogP contribution is -2.36. The number of carbonyl (C=O) groups is 1. The van der Waals surface area contributed by atoms with Crippen LogP contribution in [0.3, 0.4) is 0 Å². The number of ether oxygens (including phenoxy) is 1. The molecule has 1 aromatic carbocycles. The van der Waals surface area contributed by atoms with Crippen molar-refractivity contribution in [2.24, 2.45) is 5.73 Å². The first kappa shape index (κ1) is 13.9. The molecule has 2 N–H and O–H groups in total. The van der Waals surface area contributed by atoms with Crippen LogP contribution in [-0.2, 0) is 15.1 Å². The van der Waals surface area contributed by atoms with Crippen molar-refractivity contribution < 1.29 is 13.9 Å². The molecular weight excluding hydrogens is 245 g/mol. The molecule has 0 aliphatic heterocycles. The molecule has 0 spiro atoms. The zero-order chi connectivity index (χ0) is 13.1. The van der Waals surface area contributed by atoms with Gasteiger partial charge in [-0.2, -0.15) is 0 Å². The average molecular weight is 260 g/mol. The Morgan fingerprint density at radius 1 is 1.59 bits per heavy atom. The third-order valence-electron chi connectivity index (χ3n) is 2.40. The summed E-state index contributed by atoms with van der Waals surface area (Å²) in [6.45, 7) is 3.70. The van der Waals surface area contributed by atoms with Gasteiger partial charge in [0, 0.05) is 5.54 Å². The van der Waals surface area contributed by atoms with Gasteiger partial charge in [0.05, 0.1) is 18.1 Å². The lowest BCUT2D eigenvalue weighted by Gasteiger charge is -2.24. The Balaban J connectivity index is 2.88. The van der Waals surface area contributed by atoms with E-state index in [9.17, 15) is 9.18 Å². The van der Waals surface area contributed by atoms with Gasteiger partial charge in [0.25, 0.3) is 0 Å². The fourth-order valence-corrected chi connectivity index (χ4v) is 1.65. The number of nitrogens with two attached hydrogens (primary N) is 1. The molecular formula is C12H15ClFNO2. The molecule has 0 fully saturated rings. The number of esters is 1. The number of benzene rings is 1. The Bertz CT molecular complexity index is 421.